The van der Waals surface area contributed by atoms with Gasteiger partial charge in [-0.3, -0.25) is 4.79 Å². The molecule has 0 aliphatic carbocycles. The molecule has 2 nitrogen and oxygen atoms in total. The predicted octanol–water partition coefficient (Wildman–Crippen LogP) is 3.09. The molecule has 1 unspecified atom stereocenters. The van der Waals surface area contributed by atoms with Crippen LogP contribution in [0, 0.1) is 0 Å². The Bertz CT molecular complexity index is 473. The van der Waals surface area contributed by atoms with Crippen LogP contribution in [0.2, 0.25) is 0 Å². The SMILES string of the molecule is CC(C(=O)O)c1scc2ccccc12. The van der Waals surface area contributed by atoms with E-state index in [1.54, 1.807) is 6.92 Å². The summed E-state index contributed by atoms with van der Waals surface area (Å²) >= 11 is 1.52. The van der Waals surface area contributed by atoms with Crippen LogP contribution in [0.25, 0.3) is 10.8 Å². The molecule has 2 rings (SSSR count). The highest BCUT2D eigenvalue weighted by molar-refractivity contribution is 7.11. The third kappa shape index (κ3) is 1.40. The quantitative estimate of drug-likeness (QED) is 0.819. The molecule has 0 spiro atoms. The van der Waals surface area contributed by atoms with Crippen LogP contribution in [-0.4, -0.2) is 11.1 Å². The summed E-state index contributed by atoms with van der Waals surface area (Å²) < 4.78 is 0. The van der Waals surface area contributed by atoms with E-state index in [4.69, 9.17) is 5.11 Å². The molecule has 0 fully saturated rings. The number of aliphatic carboxylic acids is 1. The molecule has 3 heteroatoms. The number of hydrogen-bond acceptors (Lipinski definition) is 2. The zero-order chi connectivity index (χ0) is 10.1. The van der Waals surface area contributed by atoms with Gasteiger partial charge in [-0.15, -0.1) is 11.3 Å². The number of carboxylic acid groups (broad SMARTS) is 1. The van der Waals surface area contributed by atoms with Crippen molar-refractivity contribution in [2.24, 2.45) is 0 Å². The number of fused-ring (bicyclic) bond motifs is 1. The monoisotopic (exact) mass is 206 g/mol. The molecule has 0 saturated heterocycles. The molecule has 1 atom stereocenters. The van der Waals surface area contributed by atoms with E-state index in [1.807, 2.05) is 29.6 Å². The molecule has 72 valence electrons. The zero-order valence-corrected chi connectivity index (χ0v) is 8.54. The van der Waals surface area contributed by atoms with Crippen LogP contribution in [-0.2, 0) is 4.79 Å². The van der Waals surface area contributed by atoms with Crippen LogP contribution < -0.4 is 0 Å². The van der Waals surface area contributed by atoms with Gasteiger partial charge in [-0.05, 0) is 23.1 Å². The van der Waals surface area contributed by atoms with E-state index < -0.39 is 11.9 Å². The number of carboxylic acids is 1. The molecule has 0 amide bonds. The molecule has 1 aromatic heterocycles. The lowest BCUT2D eigenvalue weighted by molar-refractivity contribution is -0.138. The van der Waals surface area contributed by atoms with Gasteiger partial charge in [0, 0.05) is 4.88 Å². The summed E-state index contributed by atoms with van der Waals surface area (Å²) in [6.45, 7) is 1.72. The van der Waals surface area contributed by atoms with Crippen molar-refractivity contribution in [3.8, 4) is 0 Å². The fraction of sp³-hybridized carbons (Fsp3) is 0.182. The van der Waals surface area contributed by atoms with Gasteiger partial charge in [-0.25, -0.2) is 0 Å². The summed E-state index contributed by atoms with van der Waals surface area (Å²) in [7, 11) is 0. The summed E-state index contributed by atoms with van der Waals surface area (Å²) in [4.78, 5) is 11.8. The number of rotatable bonds is 2. The number of carbonyl (C=O) groups is 1. The van der Waals surface area contributed by atoms with E-state index in [0.717, 1.165) is 15.6 Å². The van der Waals surface area contributed by atoms with E-state index >= 15 is 0 Å². The average molecular weight is 206 g/mol. The van der Waals surface area contributed by atoms with E-state index in [2.05, 4.69) is 0 Å². The second kappa shape index (κ2) is 3.42. The molecule has 14 heavy (non-hydrogen) atoms. The first kappa shape index (κ1) is 9.21. The van der Waals surface area contributed by atoms with E-state index in [9.17, 15) is 4.79 Å². The Labute approximate surface area is 85.8 Å². The molecular formula is C11H10O2S. The second-order valence-corrected chi connectivity index (χ2v) is 4.16. The summed E-state index contributed by atoms with van der Waals surface area (Å²) in [5, 5.41) is 13.1. The van der Waals surface area contributed by atoms with Crippen LogP contribution >= 0.6 is 11.3 Å². The lowest BCUT2D eigenvalue weighted by Gasteiger charge is -2.03. The largest absolute Gasteiger partial charge is 0.481 e. The van der Waals surface area contributed by atoms with Crippen molar-refractivity contribution in [3.63, 3.8) is 0 Å². The van der Waals surface area contributed by atoms with Crippen LogP contribution in [0.15, 0.2) is 29.6 Å². The van der Waals surface area contributed by atoms with Gasteiger partial charge in [0.05, 0.1) is 5.92 Å². The number of thiophene rings is 1. The maximum atomic E-state index is 10.8. The van der Waals surface area contributed by atoms with Gasteiger partial charge in [-0.2, -0.15) is 0 Å². The van der Waals surface area contributed by atoms with Crippen molar-refractivity contribution >= 4 is 28.1 Å². The number of hydrogen-bond donors (Lipinski definition) is 1. The van der Waals surface area contributed by atoms with Crippen molar-refractivity contribution < 1.29 is 9.90 Å². The summed E-state index contributed by atoms with van der Waals surface area (Å²) in [6.07, 6.45) is 0. The highest BCUT2D eigenvalue weighted by atomic mass is 32.1. The lowest BCUT2D eigenvalue weighted by Crippen LogP contribution is -2.05. The first-order chi connectivity index (χ1) is 6.70. The first-order valence-electron chi connectivity index (χ1n) is 4.39. The summed E-state index contributed by atoms with van der Waals surface area (Å²) in [5.41, 5.74) is 0. The minimum absolute atomic E-state index is 0.417. The van der Waals surface area contributed by atoms with E-state index in [-0.39, 0.29) is 0 Å². The lowest BCUT2D eigenvalue weighted by atomic mass is 10.1. The first-order valence-corrected chi connectivity index (χ1v) is 5.27. The van der Waals surface area contributed by atoms with Crippen molar-refractivity contribution in [3.05, 3.63) is 34.5 Å². The zero-order valence-electron chi connectivity index (χ0n) is 7.73. The van der Waals surface area contributed by atoms with Crippen LogP contribution in [0.5, 0.6) is 0 Å². The Morgan fingerprint density at radius 3 is 2.86 bits per heavy atom. The summed E-state index contributed by atoms with van der Waals surface area (Å²) in [5.74, 6) is -1.18. The van der Waals surface area contributed by atoms with E-state index in [1.165, 1.54) is 11.3 Å². The third-order valence-corrected chi connectivity index (χ3v) is 3.50. The Kier molecular flexibility index (Phi) is 2.25. The second-order valence-electron chi connectivity index (χ2n) is 3.25. The molecule has 0 radical (unpaired) electrons. The minimum atomic E-state index is -0.766. The highest BCUT2D eigenvalue weighted by Crippen LogP contribution is 2.31. The molecule has 1 N–H and O–H groups in total. The standard InChI is InChI=1S/C11H10O2S/c1-7(11(12)13)10-9-5-3-2-4-8(9)6-14-10/h2-7H,1H3,(H,12,13). The molecule has 0 aliphatic heterocycles. The maximum Gasteiger partial charge on any atom is 0.311 e. The smallest absolute Gasteiger partial charge is 0.311 e. The topological polar surface area (TPSA) is 37.3 Å². The fourth-order valence-electron chi connectivity index (χ4n) is 1.46. The van der Waals surface area contributed by atoms with Gasteiger partial charge >= 0.3 is 5.97 Å². The molecule has 0 bridgehead atoms. The molecule has 1 aromatic carbocycles. The predicted molar refractivity (Wildman–Crippen MR) is 57.9 cm³/mol. The molecule has 0 saturated carbocycles. The minimum Gasteiger partial charge on any atom is -0.481 e. The molecule has 0 aliphatic rings. The van der Waals surface area contributed by atoms with Gasteiger partial charge < -0.3 is 5.11 Å². The van der Waals surface area contributed by atoms with Crippen LogP contribution in [0.4, 0.5) is 0 Å². The number of benzene rings is 1. The van der Waals surface area contributed by atoms with Crippen LogP contribution in [0.1, 0.15) is 17.7 Å². The van der Waals surface area contributed by atoms with Crippen molar-refractivity contribution in [1.82, 2.24) is 0 Å². The Morgan fingerprint density at radius 1 is 1.43 bits per heavy atom. The fourth-order valence-corrected chi connectivity index (χ4v) is 2.54. The Hall–Kier alpha value is -1.35. The molecule has 1 heterocycles. The van der Waals surface area contributed by atoms with E-state index in [0.29, 0.717) is 0 Å². The third-order valence-electron chi connectivity index (χ3n) is 2.30. The summed E-state index contributed by atoms with van der Waals surface area (Å²) in [6, 6.07) is 7.88. The molecular weight excluding hydrogens is 196 g/mol. The van der Waals surface area contributed by atoms with Crippen molar-refractivity contribution in [2.45, 2.75) is 12.8 Å². The molecule has 2 aromatic rings. The highest BCUT2D eigenvalue weighted by Gasteiger charge is 2.17. The maximum absolute atomic E-state index is 10.8. The van der Waals surface area contributed by atoms with Crippen molar-refractivity contribution in [2.75, 3.05) is 0 Å². The normalized spacial score (nSPS) is 12.9. The Balaban J connectivity index is 2.58. The van der Waals surface area contributed by atoms with Crippen LogP contribution in [0.3, 0.4) is 0 Å². The van der Waals surface area contributed by atoms with Gasteiger partial charge in [-0.1, -0.05) is 24.3 Å². The van der Waals surface area contributed by atoms with Gasteiger partial charge in [0.25, 0.3) is 0 Å². The Morgan fingerprint density at radius 2 is 2.14 bits per heavy atom. The average Bonchev–Trinajstić information content (AvgIpc) is 2.60. The van der Waals surface area contributed by atoms with Crippen molar-refractivity contribution in [1.29, 1.82) is 0 Å². The van der Waals surface area contributed by atoms with Gasteiger partial charge in [0.2, 0.25) is 0 Å². The van der Waals surface area contributed by atoms with Gasteiger partial charge in [0.1, 0.15) is 0 Å². The van der Waals surface area contributed by atoms with Gasteiger partial charge in [0.15, 0.2) is 0 Å².